The van der Waals surface area contributed by atoms with Gasteiger partial charge in [-0.3, -0.25) is 0 Å². The van der Waals surface area contributed by atoms with Crippen LogP contribution in [0.5, 0.6) is 0 Å². The summed E-state index contributed by atoms with van der Waals surface area (Å²) in [6, 6.07) is 27.4. The van der Waals surface area contributed by atoms with Crippen LogP contribution in [0.25, 0.3) is 40.0 Å². The smallest absolute Gasteiger partial charge is 0.131 e. The third-order valence-corrected chi connectivity index (χ3v) is 9.09. The molecule has 0 fully saturated rings. The molecule has 0 saturated heterocycles. The average molecular weight is 547 g/mol. The lowest BCUT2D eigenvalue weighted by Gasteiger charge is -2.19. The van der Waals surface area contributed by atoms with Crippen molar-refractivity contribution < 1.29 is 4.42 Å². The first-order chi connectivity index (χ1) is 20.2. The third-order valence-electron chi connectivity index (χ3n) is 9.09. The molecular formula is C41H38O. The monoisotopic (exact) mass is 546 g/mol. The second-order valence-corrected chi connectivity index (χ2v) is 12.7. The fourth-order valence-electron chi connectivity index (χ4n) is 7.50. The van der Waals surface area contributed by atoms with Gasteiger partial charge in [0.05, 0.1) is 0 Å². The fraction of sp³-hybridized carbons (Fsp3) is 0.220. The number of hydrogen-bond acceptors (Lipinski definition) is 1. The molecule has 1 heterocycles. The Hall–Kier alpha value is -4.36. The summed E-state index contributed by atoms with van der Waals surface area (Å²) in [4.78, 5) is 0. The summed E-state index contributed by atoms with van der Waals surface area (Å²) in [6.07, 6.45) is 5.86. The quantitative estimate of drug-likeness (QED) is 0.218. The molecule has 4 aromatic carbocycles. The lowest BCUT2D eigenvalue weighted by atomic mass is 9.84. The fourth-order valence-corrected chi connectivity index (χ4v) is 7.50. The number of hydrogen-bond donors (Lipinski definition) is 0. The van der Waals surface area contributed by atoms with E-state index in [1.54, 1.807) is 0 Å². The van der Waals surface area contributed by atoms with E-state index in [0.29, 0.717) is 0 Å². The van der Waals surface area contributed by atoms with Crippen LogP contribution in [0.2, 0.25) is 0 Å². The molecule has 1 aromatic heterocycles. The van der Waals surface area contributed by atoms with Gasteiger partial charge in [-0.05, 0) is 129 Å². The zero-order valence-electron chi connectivity index (χ0n) is 25.8. The summed E-state index contributed by atoms with van der Waals surface area (Å²) in [6.45, 7) is 15.3. The summed E-state index contributed by atoms with van der Waals surface area (Å²) < 4.78 is 6.32. The molecule has 0 amide bonds. The summed E-state index contributed by atoms with van der Waals surface area (Å²) >= 11 is 0. The van der Waals surface area contributed by atoms with Gasteiger partial charge in [-0.15, -0.1) is 0 Å². The highest BCUT2D eigenvalue weighted by atomic mass is 16.3. The van der Waals surface area contributed by atoms with Crippen molar-refractivity contribution in [2.75, 3.05) is 0 Å². The van der Waals surface area contributed by atoms with E-state index in [0.717, 1.165) is 17.9 Å². The van der Waals surface area contributed by atoms with E-state index in [4.69, 9.17) is 4.42 Å². The van der Waals surface area contributed by atoms with E-state index >= 15 is 0 Å². The zero-order chi connectivity index (χ0) is 29.3. The molecule has 0 bridgehead atoms. The van der Waals surface area contributed by atoms with Gasteiger partial charge in [0.1, 0.15) is 11.5 Å². The van der Waals surface area contributed by atoms with Crippen molar-refractivity contribution in [3.63, 3.8) is 0 Å². The van der Waals surface area contributed by atoms with Gasteiger partial charge in [0, 0.05) is 11.5 Å². The first-order valence-corrected chi connectivity index (χ1v) is 15.1. The van der Waals surface area contributed by atoms with Gasteiger partial charge >= 0.3 is 0 Å². The highest BCUT2D eigenvalue weighted by Crippen LogP contribution is 2.53. The van der Waals surface area contributed by atoms with E-state index in [2.05, 4.69) is 126 Å². The summed E-state index contributed by atoms with van der Waals surface area (Å²) in [5.41, 5.74) is 21.4. The Bertz CT molecular complexity index is 1930. The Balaban J connectivity index is 1.43. The highest BCUT2D eigenvalue weighted by Gasteiger charge is 2.35. The van der Waals surface area contributed by atoms with Crippen molar-refractivity contribution in [3.8, 4) is 22.3 Å². The van der Waals surface area contributed by atoms with Crippen LogP contribution in [0.3, 0.4) is 0 Å². The lowest BCUT2D eigenvalue weighted by molar-refractivity contribution is 0.519. The maximum absolute atomic E-state index is 6.32. The number of rotatable bonds is 4. The Labute approximate surface area is 250 Å². The van der Waals surface area contributed by atoms with E-state index in [-0.39, 0.29) is 5.92 Å². The molecule has 1 nitrogen and oxygen atoms in total. The number of allylic oxidation sites excluding steroid dienone is 2. The van der Waals surface area contributed by atoms with Gasteiger partial charge in [0.15, 0.2) is 0 Å². The highest BCUT2D eigenvalue weighted by molar-refractivity contribution is 5.99. The van der Waals surface area contributed by atoms with Gasteiger partial charge in [-0.1, -0.05) is 94.6 Å². The van der Waals surface area contributed by atoms with Crippen LogP contribution in [-0.4, -0.2) is 0 Å². The maximum Gasteiger partial charge on any atom is 0.131 e. The molecule has 0 spiro atoms. The molecular weight excluding hydrogens is 508 g/mol. The van der Waals surface area contributed by atoms with Gasteiger partial charge < -0.3 is 4.42 Å². The molecule has 208 valence electrons. The summed E-state index contributed by atoms with van der Waals surface area (Å²) in [7, 11) is 0. The van der Waals surface area contributed by atoms with E-state index in [1.165, 1.54) is 89.0 Å². The van der Waals surface area contributed by atoms with Gasteiger partial charge in [0.2, 0.25) is 0 Å². The molecule has 42 heavy (non-hydrogen) atoms. The van der Waals surface area contributed by atoms with Gasteiger partial charge in [0.25, 0.3) is 0 Å². The van der Waals surface area contributed by atoms with Crippen molar-refractivity contribution in [3.05, 3.63) is 146 Å². The van der Waals surface area contributed by atoms with Crippen molar-refractivity contribution >= 4 is 17.7 Å². The largest absolute Gasteiger partial charge is 0.462 e. The zero-order valence-corrected chi connectivity index (χ0v) is 25.8. The molecule has 0 aliphatic heterocycles. The molecule has 0 radical (unpaired) electrons. The number of aryl methyl sites for hydroxylation is 7. The topological polar surface area (TPSA) is 13.1 Å². The molecule has 1 heteroatoms. The predicted molar refractivity (Wildman–Crippen MR) is 178 cm³/mol. The van der Waals surface area contributed by atoms with Crippen LogP contribution in [0.1, 0.15) is 73.1 Å². The summed E-state index contributed by atoms with van der Waals surface area (Å²) in [5, 5.41) is 0. The second kappa shape index (κ2) is 9.88. The molecule has 1 atom stereocenters. The third kappa shape index (κ3) is 4.40. The maximum atomic E-state index is 6.32. The number of fused-ring (bicyclic) bond motifs is 2. The Morgan fingerprint density at radius 2 is 1.14 bits per heavy atom. The lowest BCUT2D eigenvalue weighted by Crippen LogP contribution is -2.04. The predicted octanol–water partition coefficient (Wildman–Crippen LogP) is 11.1. The second-order valence-electron chi connectivity index (χ2n) is 12.7. The molecule has 2 aliphatic rings. The number of benzene rings is 4. The van der Waals surface area contributed by atoms with Crippen molar-refractivity contribution in [1.29, 1.82) is 0 Å². The van der Waals surface area contributed by atoms with Crippen LogP contribution in [0.4, 0.5) is 0 Å². The van der Waals surface area contributed by atoms with Crippen LogP contribution >= 0.6 is 0 Å². The molecule has 1 unspecified atom stereocenters. The summed E-state index contributed by atoms with van der Waals surface area (Å²) in [5.74, 6) is 2.07. The molecule has 2 aliphatic carbocycles. The SMILES string of the molecule is Cc1cc(C)cc(-c2c(C)ccc3c2C=C(C2C(c4ccc(C)o4)=Cc4c2ccc(C)c4-c2cc(C)cc(C)c2)C3)c1. The molecule has 0 N–H and O–H groups in total. The van der Waals surface area contributed by atoms with E-state index in [9.17, 15) is 0 Å². The number of furan rings is 1. The molecule has 5 aromatic rings. The minimum Gasteiger partial charge on any atom is -0.462 e. The van der Waals surface area contributed by atoms with Gasteiger partial charge in [-0.2, -0.15) is 0 Å². The van der Waals surface area contributed by atoms with Crippen LogP contribution in [0.15, 0.2) is 82.8 Å². The standard InChI is InChI=1S/C41H38O/c1-23-14-24(2)17-31(16-23)39-27(5)8-11-30-20-33(21-35(30)39)41-34-12-9-28(6)40(32-18-25(3)15-26(4)19-32)36(34)22-37(41)38-13-10-29(7)42-38/h8-19,21-22,41H,20H2,1-7H3. The van der Waals surface area contributed by atoms with Crippen LogP contribution in [0, 0.1) is 48.5 Å². The minimum atomic E-state index is 0.149. The van der Waals surface area contributed by atoms with E-state index < -0.39 is 0 Å². The Morgan fingerprint density at radius 1 is 0.571 bits per heavy atom. The minimum absolute atomic E-state index is 0.149. The molecule has 7 rings (SSSR count). The van der Waals surface area contributed by atoms with E-state index in [1.807, 2.05) is 6.92 Å². The van der Waals surface area contributed by atoms with Crippen LogP contribution in [-0.2, 0) is 6.42 Å². The first-order valence-electron chi connectivity index (χ1n) is 15.1. The Morgan fingerprint density at radius 3 is 1.71 bits per heavy atom. The Kier molecular flexibility index (Phi) is 6.24. The van der Waals surface area contributed by atoms with Crippen LogP contribution < -0.4 is 0 Å². The van der Waals surface area contributed by atoms with Crippen molar-refractivity contribution in [2.45, 2.75) is 60.8 Å². The first kappa shape index (κ1) is 26.5. The molecule has 0 saturated carbocycles. The average Bonchev–Trinajstić information content (AvgIpc) is 3.63. The van der Waals surface area contributed by atoms with Crippen molar-refractivity contribution in [2.24, 2.45) is 0 Å². The van der Waals surface area contributed by atoms with Crippen molar-refractivity contribution in [1.82, 2.24) is 0 Å². The normalized spacial score (nSPS) is 15.5. The van der Waals surface area contributed by atoms with Gasteiger partial charge in [-0.25, -0.2) is 0 Å².